The summed E-state index contributed by atoms with van der Waals surface area (Å²) in [5, 5.41) is 12.4. The summed E-state index contributed by atoms with van der Waals surface area (Å²) < 4.78 is 0. The van der Waals surface area contributed by atoms with E-state index in [2.05, 4.69) is 17.4 Å². The zero-order valence-electron chi connectivity index (χ0n) is 10.6. The molecule has 1 heterocycles. The van der Waals surface area contributed by atoms with Gasteiger partial charge in [0, 0.05) is 11.4 Å². The van der Waals surface area contributed by atoms with E-state index in [9.17, 15) is 9.90 Å². The van der Waals surface area contributed by atoms with Crippen LogP contribution in [0.25, 0.3) is 0 Å². The number of carbonyl (C=O) groups excluding carboxylic acids is 1. The average Bonchev–Trinajstić information content (AvgIpc) is 2.80. The van der Waals surface area contributed by atoms with Gasteiger partial charge in [-0.3, -0.25) is 4.79 Å². The van der Waals surface area contributed by atoms with Crippen LogP contribution in [-0.4, -0.2) is 28.9 Å². The number of nitrogens with one attached hydrogen (secondary N) is 1. The molecule has 2 unspecified atom stereocenters. The van der Waals surface area contributed by atoms with Crippen LogP contribution in [0.5, 0.6) is 0 Å². The maximum atomic E-state index is 12.0. The standard InChI is InChI=1S/C14H19NO2S/c1-2-5-11(16)9-15-14(17)13-8-10-6-3-4-7-12(10)18-13/h3-4,6-7,11,13,16H,2,5,8-9H2,1H3,(H,15,17). The molecule has 3 nitrogen and oxygen atoms in total. The van der Waals surface area contributed by atoms with Crippen LogP contribution < -0.4 is 5.32 Å². The second kappa shape index (κ2) is 6.25. The first-order chi connectivity index (χ1) is 8.70. The summed E-state index contributed by atoms with van der Waals surface area (Å²) >= 11 is 1.62. The third-order valence-corrected chi connectivity index (χ3v) is 4.39. The first-order valence-corrected chi connectivity index (χ1v) is 7.29. The molecule has 0 saturated heterocycles. The highest BCUT2D eigenvalue weighted by Gasteiger charge is 2.27. The lowest BCUT2D eigenvalue weighted by molar-refractivity contribution is -0.121. The molecule has 0 spiro atoms. The van der Waals surface area contributed by atoms with Crippen molar-refractivity contribution in [3.05, 3.63) is 29.8 Å². The Balaban J connectivity index is 1.82. The van der Waals surface area contributed by atoms with Gasteiger partial charge in [0.05, 0.1) is 11.4 Å². The molecular weight excluding hydrogens is 246 g/mol. The largest absolute Gasteiger partial charge is 0.391 e. The van der Waals surface area contributed by atoms with E-state index in [0.29, 0.717) is 6.54 Å². The van der Waals surface area contributed by atoms with Gasteiger partial charge < -0.3 is 10.4 Å². The highest BCUT2D eigenvalue weighted by Crippen LogP contribution is 2.36. The fraction of sp³-hybridized carbons (Fsp3) is 0.500. The van der Waals surface area contributed by atoms with Crippen LogP contribution in [0, 0.1) is 0 Å². The van der Waals surface area contributed by atoms with Crippen molar-refractivity contribution >= 4 is 17.7 Å². The summed E-state index contributed by atoms with van der Waals surface area (Å²) in [5.41, 5.74) is 1.25. The summed E-state index contributed by atoms with van der Waals surface area (Å²) in [4.78, 5) is 13.2. The third-order valence-electron chi connectivity index (χ3n) is 3.07. The van der Waals surface area contributed by atoms with E-state index in [4.69, 9.17) is 0 Å². The quantitative estimate of drug-likeness (QED) is 0.856. The first kappa shape index (κ1) is 13.4. The lowest BCUT2D eigenvalue weighted by Gasteiger charge is -2.13. The molecule has 0 saturated carbocycles. The molecule has 0 aliphatic carbocycles. The van der Waals surface area contributed by atoms with E-state index in [1.165, 1.54) is 10.5 Å². The zero-order chi connectivity index (χ0) is 13.0. The monoisotopic (exact) mass is 265 g/mol. The van der Waals surface area contributed by atoms with E-state index in [1.807, 2.05) is 19.1 Å². The molecular formula is C14H19NO2S. The topological polar surface area (TPSA) is 49.3 Å². The molecule has 0 radical (unpaired) electrons. The minimum atomic E-state index is -0.423. The highest BCUT2D eigenvalue weighted by molar-refractivity contribution is 8.01. The van der Waals surface area contributed by atoms with Crippen LogP contribution in [0.2, 0.25) is 0 Å². The van der Waals surface area contributed by atoms with E-state index in [-0.39, 0.29) is 11.2 Å². The fourth-order valence-corrected chi connectivity index (χ4v) is 3.32. The number of thioether (sulfide) groups is 1. The van der Waals surface area contributed by atoms with Gasteiger partial charge in [-0.25, -0.2) is 0 Å². The van der Waals surface area contributed by atoms with Gasteiger partial charge in [-0.05, 0) is 24.5 Å². The van der Waals surface area contributed by atoms with Crippen molar-refractivity contribution in [1.82, 2.24) is 5.32 Å². The number of carbonyl (C=O) groups is 1. The molecule has 0 bridgehead atoms. The Morgan fingerprint density at radius 3 is 3.06 bits per heavy atom. The van der Waals surface area contributed by atoms with Gasteiger partial charge >= 0.3 is 0 Å². The third kappa shape index (κ3) is 3.27. The van der Waals surface area contributed by atoms with Crippen molar-refractivity contribution in [3.8, 4) is 0 Å². The lowest BCUT2D eigenvalue weighted by atomic mass is 10.1. The van der Waals surface area contributed by atoms with Crippen LogP contribution in [0.15, 0.2) is 29.2 Å². The molecule has 2 atom stereocenters. The molecule has 2 N–H and O–H groups in total. The fourth-order valence-electron chi connectivity index (χ4n) is 2.10. The number of aliphatic hydroxyl groups is 1. The summed E-state index contributed by atoms with van der Waals surface area (Å²) in [6.07, 6.45) is 2.03. The van der Waals surface area contributed by atoms with E-state index < -0.39 is 6.10 Å². The second-order valence-electron chi connectivity index (χ2n) is 4.61. The minimum Gasteiger partial charge on any atom is -0.391 e. The zero-order valence-corrected chi connectivity index (χ0v) is 11.4. The van der Waals surface area contributed by atoms with Crippen molar-refractivity contribution in [3.63, 3.8) is 0 Å². The second-order valence-corrected chi connectivity index (χ2v) is 5.85. The molecule has 98 valence electrons. The Kier molecular flexibility index (Phi) is 4.66. The van der Waals surface area contributed by atoms with Gasteiger partial charge in [0.1, 0.15) is 0 Å². The molecule has 4 heteroatoms. The lowest BCUT2D eigenvalue weighted by Crippen LogP contribution is -2.37. The molecule has 1 amide bonds. The summed E-state index contributed by atoms with van der Waals surface area (Å²) in [6, 6.07) is 8.13. The van der Waals surface area contributed by atoms with Gasteiger partial charge in [0.15, 0.2) is 0 Å². The van der Waals surface area contributed by atoms with Crippen molar-refractivity contribution in [2.24, 2.45) is 0 Å². The molecule has 0 fully saturated rings. The molecule has 2 rings (SSSR count). The molecule has 1 aliphatic rings. The Morgan fingerprint density at radius 1 is 1.56 bits per heavy atom. The van der Waals surface area contributed by atoms with Crippen LogP contribution in [0.1, 0.15) is 25.3 Å². The van der Waals surface area contributed by atoms with Crippen molar-refractivity contribution < 1.29 is 9.90 Å². The van der Waals surface area contributed by atoms with Crippen molar-refractivity contribution in [2.45, 2.75) is 42.4 Å². The Labute approximate surface area is 112 Å². The predicted octanol–water partition coefficient (Wildman–Crippen LogP) is 1.98. The minimum absolute atomic E-state index is 0.0337. The Morgan fingerprint density at radius 2 is 2.33 bits per heavy atom. The number of hydrogen-bond acceptors (Lipinski definition) is 3. The number of amides is 1. The Hall–Kier alpha value is -1.00. The molecule has 0 aromatic heterocycles. The summed E-state index contributed by atoms with van der Waals surface area (Å²) in [7, 11) is 0. The predicted molar refractivity (Wildman–Crippen MR) is 73.7 cm³/mol. The van der Waals surface area contributed by atoms with E-state index in [0.717, 1.165) is 19.3 Å². The summed E-state index contributed by atoms with van der Waals surface area (Å²) in [5.74, 6) is 0.0337. The SMILES string of the molecule is CCCC(O)CNC(=O)C1Cc2ccccc2S1. The van der Waals surface area contributed by atoms with Crippen LogP contribution >= 0.6 is 11.8 Å². The number of hydrogen-bond donors (Lipinski definition) is 2. The molecule has 18 heavy (non-hydrogen) atoms. The van der Waals surface area contributed by atoms with Crippen LogP contribution in [-0.2, 0) is 11.2 Å². The molecule has 1 aromatic rings. The van der Waals surface area contributed by atoms with Gasteiger partial charge in [0.25, 0.3) is 0 Å². The van der Waals surface area contributed by atoms with Gasteiger partial charge in [-0.2, -0.15) is 0 Å². The number of rotatable bonds is 5. The average molecular weight is 265 g/mol. The first-order valence-electron chi connectivity index (χ1n) is 6.41. The Bertz CT molecular complexity index is 397. The van der Waals surface area contributed by atoms with E-state index in [1.54, 1.807) is 11.8 Å². The van der Waals surface area contributed by atoms with Crippen molar-refractivity contribution in [2.75, 3.05) is 6.54 Å². The van der Waals surface area contributed by atoms with Gasteiger partial charge in [-0.15, -0.1) is 11.8 Å². The van der Waals surface area contributed by atoms with Crippen molar-refractivity contribution in [1.29, 1.82) is 0 Å². The smallest absolute Gasteiger partial charge is 0.233 e. The highest BCUT2D eigenvalue weighted by atomic mass is 32.2. The number of fused-ring (bicyclic) bond motifs is 1. The molecule has 1 aliphatic heterocycles. The maximum absolute atomic E-state index is 12.0. The van der Waals surface area contributed by atoms with Crippen LogP contribution in [0.4, 0.5) is 0 Å². The van der Waals surface area contributed by atoms with E-state index >= 15 is 0 Å². The summed E-state index contributed by atoms with van der Waals surface area (Å²) in [6.45, 7) is 2.38. The maximum Gasteiger partial charge on any atom is 0.233 e. The number of aliphatic hydroxyl groups excluding tert-OH is 1. The molecule has 1 aromatic carbocycles. The number of benzene rings is 1. The van der Waals surface area contributed by atoms with Gasteiger partial charge in [0.2, 0.25) is 5.91 Å². The van der Waals surface area contributed by atoms with Gasteiger partial charge in [-0.1, -0.05) is 31.5 Å². The van der Waals surface area contributed by atoms with Crippen LogP contribution in [0.3, 0.4) is 0 Å². The normalized spacial score (nSPS) is 19.3.